The molecule has 1 aliphatic rings. The molecule has 0 saturated carbocycles. The van der Waals surface area contributed by atoms with Crippen molar-refractivity contribution in [2.24, 2.45) is 0 Å². The third-order valence-electron chi connectivity index (χ3n) is 2.98. The molecule has 1 atom stereocenters. The Morgan fingerprint density at radius 3 is 2.95 bits per heavy atom. The molecule has 19 heavy (non-hydrogen) atoms. The monoisotopic (exact) mass is 256 g/mol. The number of benzene rings is 1. The number of nitrogens with zero attached hydrogens (tertiary/aromatic N) is 1. The molecule has 6 nitrogen and oxygen atoms in total. The summed E-state index contributed by atoms with van der Waals surface area (Å²) in [6, 6.07) is 8.79. The first kappa shape index (κ1) is 11.6. The minimum Gasteiger partial charge on any atom is -0.323 e. The Kier molecular flexibility index (Phi) is 2.85. The fourth-order valence-corrected chi connectivity index (χ4v) is 2.04. The molecular weight excluding hydrogens is 244 g/mol. The van der Waals surface area contributed by atoms with Gasteiger partial charge in [-0.25, -0.2) is 5.43 Å². The highest BCUT2D eigenvalue weighted by atomic mass is 16.2. The third-order valence-corrected chi connectivity index (χ3v) is 2.98. The average molecular weight is 256 g/mol. The Morgan fingerprint density at radius 2 is 2.16 bits per heavy atom. The maximum atomic E-state index is 12.0. The van der Waals surface area contributed by atoms with Crippen LogP contribution in [0, 0.1) is 0 Å². The van der Waals surface area contributed by atoms with E-state index in [2.05, 4.69) is 21.2 Å². The molecule has 0 spiro atoms. The Labute approximate surface area is 109 Å². The van der Waals surface area contributed by atoms with Crippen LogP contribution in [0.2, 0.25) is 0 Å². The number of nitrogens with one attached hydrogen (secondary N) is 3. The number of fused-ring (bicyclic) bond motifs is 1. The Morgan fingerprint density at radius 1 is 1.32 bits per heavy atom. The van der Waals surface area contributed by atoms with Gasteiger partial charge in [0.25, 0.3) is 0 Å². The van der Waals surface area contributed by atoms with E-state index in [0.717, 1.165) is 10.9 Å². The van der Waals surface area contributed by atoms with Crippen molar-refractivity contribution in [3.63, 3.8) is 0 Å². The van der Waals surface area contributed by atoms with Gasteiger partial charge in [0.05, 0.1) is 17.6 Å². The Balaban J connectivity index is 1.85. The number of anilines is 1. The summed E-state index contributed by atoms with van der Waals surface area (Å²) in [5.74, 6) is -0.437. The summed E-state index contributed by atoms with van der Waals surface area (Å²) >= 11 is 0. The standard InChI is InChI=1S/C13H12N4O2/c18-11-7-10(16-17-11)13(19)15-9-5-1-3-8-4-2-6-14-12(8)9/h1-6,10,16H,7H2,(H,15,19)(H,17,18). The van der Waals surface area contributed by atoms with E-state index < -0.39 is 6.04 Å². The number of para-hydroxylation sites is 1. The van der Waals surface area contributed by atoms with Crippen molar-refractivity contribution in [3.05, 3.63) is 36.5 Å². The van der Waals surface area contributed by atoms with Gasteiger partial charge in [-0.05, 0) is 12.1 Å². The van der Waals surface area contributed by atoms with E-state index in [9.17, 15) is 9.59 Å². The molecule has 2 amide bonds. The first-order chi connectivity index (χ1) is 9.24. The van der Waals surface area contributed by atoms with Crippen molar-refractivity contribution in [3.8, 4) is 0 Å². The van der Waals surface area contributed by atoms with Crippen molar-refractivity contribution >= 4 is 28.4 Å². The molecule has 0 radical (unpaired) electrons. The lowest BCUT2D eigenvalue weighted by Crippen LogP contribution is -2.39. The van der Waals surface area contributed by atoms with Gasteiger partial charge in [0.2, 0.25) is 11.8 Å². The van der Waals surface area contributed by atoms with Gasteiger partial charge >= 0.3 is 0 Å². The highest BCUT2D eigenvalue weighted by Gasteiger charge is 2.27. The zero-order valence-corrected chi connectivity index (χ0v) is 10.0. The van der Waals surface area contributed by atoms with E-state index in [4.69, 9.17) is 0 Å². The van der Waals surface area contributed by atoms with E-state index in [1.807, 2.05) is 24.3 Å². The number of hydrazine groups is 1. The normalized spacial score (nSPS) is 18.3. The van der Waals surface area contributed by atoms with Crippen LogP contribution >= 0.6 is 0 Å². The topological polar surface area (TPSA) is 83.1 Å². The van der Waals surface area contributed by atoms with E-state index in [1.54, 1.807) is 12.3 Å². The van der Waals surface area contributed by atoms with Crippen LogP contribution in [-0.4, -0.2) is 22.8 Å². The summed E-state index contributed by atoms with van der Waals surface area (Å²) in [6.07, 6.45) is 1.82. The fraction of sp³-hybridized carbons (Fsp3) is 0.154. The highest BCUT2D eigenvalue weighted by Crippen LogP contribution is 2.20. The van der Waals surface area contributed by atoms with Gasteiger partial charge in [-0.2, -0.15) is 0 Å². The van der Waals surface area contributed by atoms with Crippen molar-refractivity contribution in [1.29, 1.82) is 0 Å². The maximum Gasteiger partial charge on any atom is 0.243 e. The minimum atomic E-state index is -0.550. The summed E-state index contributed by atoms with van der Waals surface area (Å²) in [5, 5.41) is 3.74. The van der Waals surface area contributed by atoms with E-state index in [0.29, 0.717) is 5.69 Å². The van der Waals surface area contributed by atoms with Crippen molar-refractivity contribution in [2.75, 3.05) is 5.32 Å². The minimum absolute atomic E-state index is 0.143. The number of amides is 2. The lowest BCUT2D eigenvalue weighted by atomic mass is 10.1. The zero-order chi connectivity index (χ0) is 13.2. The molecule has 1 aromatic carbocycles. The molecular formula is C13H12N4O2. The molecule has 1 aliphatic heterocycles. The van der Waals surface area contributed by atoms with Crippen molar-refractivity contribution < 1.29 is 9.59 Å². The van der Waals surface area contributed by atoms with Crippen LogP contribution in [0.1, 0.15) is 6.42 Å². The van der Waals surface area contributed by atoms with Gasteiger partial charge in [-0.1, -0.05) is 18.2 Å². The molecule has 6 heteroatoms. The largest absolute Gasteiger partial charge is 0.323 e. The van der Waals surface area contributed by atoms with Crippen LogP contribution in [0.5, 0.6) is 0 Å². The number of carbonyl (C=O) groups is 2. The predicted octanol–water partition coefficient (Wildman–Crippen LogP) is 0.566. The van der Waals surface area contributed by atoms with Gasteiger partial charge in [0.15, 0.2) is 0 Å². The molecule has 1 unspecified atom stereocenters. The summed E-state index contributed by atoms with van der Waals surface area (Å²) in [4.78, 5) is 27.3. The van der Waals surface area contributed by atoms with Crippen LogP contribution in [0.15, 0.2) is 36.5 Å². The number of aromatic nitrogens is 1. The second-order valence-electron chi connectivity index (χ2n) is 4.32. The lowest BCUT2D eigenvalue weighted by molar-refractivity contribution is -0.121. The van der Waals surface area contributed by atoms with Crippen LogP contribution in [-0.2, 0) is 9.59 Å². The van der Waals surface area contributed by atoms with Crippen LogP contribution in [0.4, 0.5) is 5.69 Å². The molecule has 3 rings (SSSR count). The molecule has 2 aromatic rings. The second-order valence-corrected chi connectivity index (χ2v) is 4.32. The number of carbonyl (C=O) groups excluding carboxylic acids is 2. The molecule has 0 aliphatic carbocycles. The Hall–Kier alpha value is -2.47. The predicted molar refractivity (Wildman–Crippen MR) is 70.1 cm³/mol. The van der Waals surface area contributed by atoms with E-state index in [-0.39, 0.29) is 18.2 Å². The maximum absolute atomic E-state index is 12.0. The first-order valence-corrected chi connectivity index (χ1v) is 5.93. The average Bonchev–Trinajstić information content (AvgIpc) is 2.86. The van der Waals surface area contributed by atoms with Gasteiger partial charge in [0, 0.05) is 11.6 Å². The summed E-state index contributed by atoms with van der Waals surface area (Å²) in [6.45, 7) is 0. The summed E-state index contributed by atoms with van der Waals surface area (Å²) in [7, 11) is 0. The highest BCUT2D eigenvalue weighted by molar-refractivity contribution is 6.04. The van der Waals surface area contributed by atoms with Crippen LogP contribution < -0.4 is 16.2 Å². The third kappa shape index (κ3) is 2.25. The second kappa shape index (κ2) is 4.66. The molecule has 2 heterocycles. The first-order valence-electron chi connectivity index (χ1n) is 5.93. The summed E-state index contributed by atoms with van der Waals surface area (Å²) < 4.78 is 0. The number of pyridine rings is 1. The van der Waals surface area contributed by atoms with Crippen LogP contribution in [0.3, 0.4) is 0 Å². The van der Waals surface area contributed by atoms with Gasteiger partial charge in [-0.15, -0.1) is 0 Å². The number of hydrogen-bond donors (Lipinski definition) is 3. The number of hydrogen-bond acceptors (Lipinski definition) is 4. The molecule has 1 fully saturated rings. The molecule has 0 bridgehead atoms. The smallest absolute Gasteiger partial charge is 0.243 e. The quantitative estimate of drug-likeness (QED) is 0.733. The molecule has 1 aromatic heterocycles. The van der Waals surface area contributed by atoms with E-state index in [1.165, 1.54) is 0 Å². The Bertz CT molecular complexity index is 651. The van der Waals surface area contributed by atoms with Crippen molar-refractivity contribution in [1.82, 2.24) is 15.8 Å². The molecule has 1 saturated heterocycles. The lowest BCUT2D eigenvalue weighted by Gasteiger charge is -2.11. The molecule has 96 valence electrons. The SMILES string of the molecule is O=C1CC(C(=O)Nc2cccc3cccnc23)NN1. The summed E-state index contributed by atoms with van der Waals surface area (Å²) in [5.41, 5.74) is 6.43. The van der Waals surface area contributed by atoms with Crippen LogP contribution in [0.25, 0.3) is 10.9 Å². The zero-order valence-electron chi connectivity index (χ0n) is 10.0. The van der Waals surface area contributed by atoms with Crippen molar-refractivity contribution in [2.45, 2.75) is 12.5 Å². The van der Waals surface area contributed by atoms with E-state index >= 15 is 0 Å². The number of rotatable bonds is 2. The fourth-order valence-electron chi connectivity index (χ4n) is 2.04. The van der Waals surface area contributed by atoms with Gasteiger partial charge < -0.3 is 5.32 Å². The molecule has 3 N–H and O–H groups in total. The van der Waals surface area contributed by atoms with Gasteiger partial charge in [0.1, 0.15) is 6.04 Å². The van der Waals surface area contributed by atoms with Gasteiger partial charge in [-0.3, -0.25) is 20.0 Å².